The highest BCUT2D eigenvalue weighted by molar-refractivity contribution is 7.45. The molecule has 6 aromatic rings. The maximum Gasteiger partial charge on any atom is 0.197 e. The van der Waals surface area contributed by atoms with E-state index in [1.165, 1.54) is 35.0 Å². The molecule has 0 spiro atoms. The van der Waals surface area contributed by atoms with Gasteiger partial charge in [0, 0.05) is 26.2 Å². The lowest BCUT2D eigenvalue weighted by Gasteiger charge is -2.02. The summed E-state index contributed by atoms with van der Waals surface area (Å²) in [5.41, 5.74) is 1.89. The highest BCUT2D eigenvalue weighted by Crippen LogP contribution is 2.47. The number of benzene rings is 2. The van der Waals surface area contributed by atoms with E-state index in [9.17, 15) is 0 Å². The second kappa shape index (κ2) is 4.04. The Labute approximate surface area is 137 Å². The van der Waals surface area contributed by atoms with Gasteiger partial charge in [0.2, 0.25) is 0 Å². The van der Waals surface area contributed by atoms with Crippen molar-refractivity contribution in [3.63, 3.8) is 0 Å². The average Bonchev–Trinajstić information content (AvgIpc) is 3.27. The minimum Gasteiger partial charge on any atom is -0.191 e. The zero-order chi connectivity index (χ0) is 15.0. The van der Waals surface area contributed by atoms with Gasteiger partial charge in [-0.15, -0.1) is 27.8 Å². The highest BCUT2D eigenvalue weighted by atomic mass is 32.2. The van der Waals surface area contributed by atoms with Crippen LogP contribution < -0.4 is 0 Å². The molecule has 6 rings (SSSR count). The van der Waals surface area contributed by atoms with Crippen LogP contribution in [0.1, 0.15) is 0 Å². The second-order valence-electron chi connectivity index (χ2n) is 5.50. The molecule has 0 amide bonds. The fraction of sp³-hybridized carbons (Fsp3) is 0. The molecule has 0 saturated carbocycles. The molecule has 0 radical (unpaired) electrons. The van der Waals surface area contributed by atoms with Gasteiger partial charge < -0.3 is 0 Å². The highest BCUT2D eigenvalue weighted by Gasteiger charge is 2.19. The molecule has 2 aromatic carbocycles. The SMILES string of the molecule is c1ccc2c(c1)sc1sc3c(c4ccccc4n4nnnc34)c12. The monoisotopic (exact) mass is 332 g/mol. The predicted octanol–water partition coefficient (Wildman–Crippen LogP) is 4.86. The maximum absolute atomic E-state index is 4.27. The predicted molar refractivity (Wildman–Crippen MR) is 96.6 cm³/mol. The van der Waals surface area contributed by atoms with E-state index in [1.54, 1.807) is 11.3 Å². The first-order valence-corrected chi connectivity index (χ1v) is 8.88. The lowest BCUT2D eigenvalue weighted by Crippen LogP contribution is -1.91. The first-order chi connectivity index (χ1) is 11.4. The standard InChI is InChI=1S/C17H8N4S2/c1-3-7-11-9(5-1)13-14-10-6-2-4-8-12(10)22-17(14)23-15(13)16-18-19-20-21(11)16/h1-8H. The van der Waals surface area contributed by atoms with Gasteiger partial charge in [-0.1, -0.05) is 36.4 Å². The number of para-hydroxylation sites is 1. The van der Waals surface area contributed by atoms with E-state index in [-0.39, 0.29) is 0 Å². The summed E-state index contributed by atoms with van der Waals surface area (Å²) in [4.78, 5) is 0. The van der Waals surface area contributed by atoms with Crippen LogP contribution in [0.2, 0.25) is 0 Å². The number of rotatable bonds is 0. The number of nitrogens with zero attached hydrogens (tertiary/aromatic N) is 4. The number of tetrazole rings is 1. The molecule has 0 fully saturated rings. The van der Waals surface area contributed by atoms with E-state index in [2.05, 4.69) is 58.0 Å². The molecule has 0 unspecified atom stereocenters. The van der Waals surface area contributed by atoms with Crippen LogP contribution in [0.5, 0.6) is 0 Å². The molecule has 0 N–H and O–H groups in total. The Morgan fingerprint density at radius 1 is 0.826 bits per heavy atom. The van der Waals surface area contributed by atoms with E-state index in [1.807, 2.05) is 21.9 Å². The number of fused-ring (bicyclic) bond motifs is 10. The summed E-state index contributed by atoms with van der Waals surface area (Å²) in [6, 6.07) is 17.0. The van der Waals surface area contributed by atoms with Gasteiger partial charge in [-0.2, -0.15) is 4.52 Å². The van der Waals surface area contributed by atoms with Crippen LogP contribution >= 0.6 is 22.7 Å². The van der Waals surface area contributed by atoms with Crippen LogP contribution in [0.25, 0.3) is 46.1 Å². The molecule has 4 aromatic heterocycles. The topological polar surface area (TPSA) is 43.1 Å². The smallest absolute Gasteiger partial charge is 0.191 e. The summed E-state index contributed by atoms with van der Waals surface area (Å²) >= 11 is 3.64. The first-order valence-electron chi connectivity index (χ1n) is 7.24. The lowest BCUT2D eigenvalue weighted by atomic mass is 10.1. The molecule has 0 aliphatic rings. The average molecular weight is 332 g/mol. The fourth-order valence-electron chi connectivity index (χ4n) is 3.36. The van der Waals surface area contributed by atoms with Crippen LogP contribution in [0.4, 0.5) is 0 Å². The van der Waals surface area contributed by atoms with Crippen molar-refractivity contribution in [2.75, 3.05) is 0 Å². The Hall–Kier alpha value is -2.57. The molecule has 4 nitrogen and oxygen atoms in total. The lowest BCUT2D eigenvalue weighted by molar-refractivity contribution is 0.842. The van der Waals surface area contributed by atoms with Crippen LogP contribution in [-0.2, 0) is 0 Å². The molecule has 0 atom stereocenters. The molecule has 0 saturated heterocycles. The molecular weight excluding hydrogens is 324 g/mol. The van der Waals surface area contributed by atoms with Crippen LogP contribution in [0.3, 0.4) is 0 Å². The summed E-state index contributed by atoms with van der Waals surface area (Å²) in [6.07, 6.45) is 0. The van der Waals surface area contributed by atoms with Crippen molar-refractivity contribution in [2.24, 2.45) is 0 Å². The molecular formula is C17H8N4S2. The molecule has 23 heavy (non-hydrogen) atoms. The largest absolute Gasteiger partial charge is 0.197 e. The third kappa shape index (κ3) is 1.38. The summed E-state index contributed by atoms with van der Waals surface area (Å²) < 4.78 is 5.68. The Balaban J connectivity index is 2.06. The Bertz CT molecular complexity index is 1370. The number of hydrogen-bond acceptors (Lipinski definition) is 5. The minimum absolute atomic E-state index is 0.844. The van der Waals surface area contributed by atoms with Crippen LogP contribution in [0, 0.1) is 0 Å². The zero-order valence-corrected chi connectivity index (χ0v) is 13.4. The van der Waals surface area contributed by atoms with Crippen LogP contribution in [0.15, 0.2) is 48.5 Å². The van der Waals surface area contributed by atoms with Gasteiger partial charge in [0.25, 0.3) is 0 Å². The normalized spacial score (nSPS) is 12.3. The number of aromatic nitrogens is 4. The van der Waals surface area contributed by atoms with Crippen molar-refractivity contribution in [3.05, 3.63) is 48.5 Å². The van der Waals surface area contributed by atoms with E-state index in [0.29, 0.717) is 0 Å². The quantitative estimate of drug-likeness (QED) is 0.399. The van der Waals surface area contributed by atoms with Crippen LogP contribution in [-0.4, -0.2) is 20.0 Å². The van der Waals surface area contributed by atoms with E-state index in [0.717, 1.165) is 11.2 Å². The summed E-state index contributed by atoms with van der Waals surface area (Å²) in [5, 5.41) is 17.5. The van der Waals surface area contributed by atoms with Gasteiger partial charge in [-0.25, -0.2) is 0 Å². The van der Waals surface area contributed by atoms with Crippen molar-refractivity contribution < 1.29 is 0 Å². The third-order valence-corrected chi connectivity index (χ3v) is 6.75. The Morgan fingerprint density at radius 3 is 2.61 bits per heavy atom. The van der Waals surface area contributed by atoms with Gasteiger partial charge in [0.1, 0.15) is 0 Å². The van der Waals surface area contributed by atoms with Crippen molar-refractivity contribution in [1.29, 1.82) is 0 Å². The minimum atomic E-state index is 0.844. The molecule has 0 aliphatic heterocycles. The summed E-state index contributed by atoms with van der Waals surface area (Å²) in [5.74, 6) is 0. The molecule has 0 bridgehead atoms. The van der Waals surface area contributed by atoms with E-state index >= 15 is 0 Å². The van der Waals surface area contributed by atoms with Gasteiger partial charge >= 0.3 is 0 Å². The number of hydrogen-bond donors (Lipinski definition) is 0. The Morgan fingerprint density at radius 2 is 1.65 bits per heavy atom. The van der Waals surface area contributed by atoms with E-state index < -0.39 is 0 Å². The van der Waals surface area contributed by atoms with Crippen molar-refractivity contribution >= 4 is 68.8 Å². The van der Waals surface area contributed by atoms with E-state index in [4.69, 9.17) is 0 Å². The second-order valence-corrected chi connectivity index (χ2v) is 7.83. The van der Waals surface area contributed by atoms with Gasteiger partial charge in [-0.05, 0) is 22.6 Å². The van der Waals surface area contributed by atoms with Gasteiger partial charge in [-0.3, -0.25) is 0 Å². The fourth-order valence-corrected chi connectivity index (χ4v) is 6.02. The first kappa shape index (κ1) is 11.9. The van der Waals surface area contributed by atoms with Gasteiger partial charge in [0.05, 0.1) is 14.2 Å². The summed E-state index contributed by atoms with van der Waals surface area (Å²) in [7, 11) is 0. The molecule has 6 heteroatoms. The molecule has 4 heterocycles. The maximum atomic E-state index is 4.27. The third-order valence-electron chi connectivity index (χ3n) is 4.31. The van der Waals surface area contributed by atoms with Crippen molar-refractivity contribution in [1.82, 2.24) is 20.0 Å². The van der Waals surface area contributed by atoms with Gasteiger partial charge in [0.15, 0.2) is 5.65 Å². The zero-order valence-electron chi connectivity index (χ0n) is 11.7. The number of pyridine rings is 1. The van der Waals surface area contributed by atoms with Crippen molar-refractivity contribution in [3.8, 4) is 0 Å². The molecule has 108 valence electrons. The molecule has 0 aliphatic carbocycles. The Kier molecular flexibility index (Phi) is 2.09. The van der Waals surface area contributed by atoms with Crippen molar-refractivity contribution in [2.45, 2.75) is 0 Å². The summed E-state index contributed by atoms with van der Waals surface area (Å²) in [6.45, 7) is 0. The number of thiophene rings is 2.